The molecule has 10 heteroatoms. The van der Waals surface area contributed by atoms with E-state index in [0.29, 0.717) is 28.6 Å². The number of hydrogen-bond acceptors (Lipinski definition) is 5. The van der Waals surface area contributed by atoms with Crippen LogP contribution in [0.25, 0.3) is 0 Å². The summed E-state index contributed by atoms with van der Waals surface area (Å²) in [5, 5.41) is 10.7. The minimum absolute atomic E-state index is 0. The standard InChI is InChI=1S/C11H18BrN5O2.2ClH/c1-14-11-8(10(13)18)9(12)16-17(11)7-3-6(5-19-2)15-4-7;;/h6-7,14-15H,3-5H2,1-2H3,(H2,13,18);2*1H/t6-,7+;;/m1../s1. The number of halogens is 3. The van der Waals surface area contributed by atoms with Gasteiger partial charge >= 0.3 is 0 Å². The molecule has 1 amide bonds. The molecule has 1 aliphatic heterocycles. The summed E-state index contributed by atoms with van der Waals surface area (Å²) < 4.78 is 7.43. The molecule has 1 fully saturated rings. The number of nitrogens with zero attached hydrogens (tertiary/aromatic N) is 2. The molecular formula is C11H20BrCl2N5O2. The average molecular weight is 405 g/mol. The first kappa shape index (κ1) is 20.5. The Morgan fingerprint density at radius 1 is 1.62 bits per heavy atom. The van der Waals surface area contributed by atoms with E-state index in [2.05, 4.69) is 31.7 Å². The molecule has 2 rings (SSSR count). The largest absolute Gasteiger partial charge is 0.383 e. The molecule has 0 saturated carbocycles. The normalized spacial score (nSPS) is 20.5. The first-order chi connectivity index (χ1) is 9.08. The maximum absolute atomic E-state index is 11.5. The van der Waals surface area contributed by atoms with Gasteiger partial charge in [-0.25, -0.2) is 4.68 Å². The van der Waals surface area contributed by atoms with Crippen molar-refractivity contribution < 1.29 is 9.53 Å². The number of nitrogens with one attached hydrogen (secondary N) is 2. The fourth-order valence-corrected chi connectivity index (χ4v) is 3.00. The second-order valence-corrected chi connectivity index (χ2v) is 5.27. The number of nitrogens with two attached hydrogens (primary N) is 1. The Morgan fingerprint density at radius 3 is 2.81 bits per heavy atom. The summed E-state index contributed by atoms with van der Waals surface area (Å²) in [5.74, 6) is 0.145. The van der Waals surface area contributed by atoms with E-state index in [4.69, 9.17) is 10.5 Å². The Labute approximate surface area is 144 Å². The van der Waals surface area contributed by atoms with Gasteiger partial charge in [0.25, 0.3) is 5.91 Å². The topological polar surface area (TPSA) is 94.2 Å². The number of rotatable bonds is 5. The van der Waals surface area contributed by atoms with E-state index < -0.39 is 5.91 Å². The molecule has 21 heavy (non-hydrogen) atoms. The molecule has 1 aliphatic rings. The molecule has 0 spiro atoms. The fourth-order valence-electron chi connectivity index (χ4n) is 2.44. The molecule has 4 N–H and O–H groups in total. The molecule has 1 aromatic rings. The number of methoxy groups -OCH3 is 1. The minimum atomic E-state index is -0.498. The van der Waals surface area contributed by atoms with Crippen LogP contribution in [-0.2, 0) is 4.74 Å². The number of anilines is 1. The lowest BCUT2D eigenvalue weighted by Gasteiger charge is -2.14. The third kappa shape index (κ3) is 4.23. The smallest absolute Gasteiger partial charge is 0.255 e. The first-order valence-electron chi connectivity index (χ1n) is 6.06. The van der Waals surface area contributed by atoms with Gasteiger partial charge in [0.05, 0.1) is 12.6 Å². The zero-order valence-electron chi connectivity index (χ0n) is 11.8. The first-order valence-corrected chi connectivity index (χ1v) is 6.85. The summed E-state index contributed by atoms with van der Waals surface area (Å²) in [6.07, 6.45) is 0.898. The van der Waals surface area contributed by atoms with Crippen LogP contribution >= 0.6 is 40.7 Å². The predicted molar refractivity (Wildman–Crippen MR) is 89.8 cm³/mol. The van der Waals surface area contributed by atoms with Crippen molar-refractivity contribution in [2.24, 2.45) is 5.73 Å². The third-order valence-electron chi connectivity index (χ3n) is 3.26. The SMILES string of the molecule is CNc1c(C(N)=O)c(Br)nn1[C@@H]1CN[C@@H](COC)C1.Cl.Cl. The summed E-state index contributed by atoms with van der Waals surface area (Å²) in [5.41, 5.74) is 5.77. The van der Waals surface area contributed by atoms with Gasteiger partial charge in [0, 0.05) is 26.7 Å². The Hall–Kier alpha value is -0.540. The molecule has 2 atom stereocenters. The van der Waals surface area contributed by atoms with Gasteiger partial charge in [0.15, 0.2) is 0 Å². The van der Waals surface area contributed by atoms with E-state index in [1.807, 2.05) is 4.68 Å². The molecule has 1 saturated heterocycles. The molecule has 0 aliphatic carbocycles. The number of amides is 1. The molecule has 0 bridgehead atoms. The highest BCUT2D eigenvalue weighted by atomic mass is 79.9. The monoisotopic (exact) mass is 403 g/mol. The number of hydrogen-bond donors (Lipinski definition) is 3. The lowest BCUT2D eigenvalue weighted by Crippen LogP contribution is -2.25. The zero-order chi connectivity index (χ0) is 14.0. The zero-order valence-corrected chi connectivity index (χ0v) is 15.0. The van der Waals surface area contributed by atoms with Crippen LogP contribution in [0.15, 0.2) is 4.60 Å². The van der Waals surface area contributed by atoms with Crippen LogP contribution in [-0.4, -0.2) is 49.0 Å². The highest BCUT2D eigenvalue weighted by Gasteiger charge is 2.30. The molecule has 2 heterocycles. The number of carbonyl (C=O) groups excluding carboxylic acids is 1. The van der Waals surface area contributed by atoms with Gasteiger partial charge in [0.1, 0.15) is 16.0 Å². The number of aromatic nitrogens is 2. The van der Waals surface area contributed by atoms with Gasteiger partial charge in [-0.05, 0) is 22.4 Å². The Morgan fingerprint density at radius 2 is 2.29 bits per heavy atom. The van der Waals surface area contributed by atoms with Crippen LogP contribution in [0, 0.1) is 0 Å². The van der Waals surface area contributed by atoms with Crippen molar-refractivity contribution >= 4 is 52.5 Å². The predicted octanol–water partition coefficient (Wildman–Crippen LogP) is 1.18. The molecule has 7 nitrogen and oxygen atoms in total. The van der Waals surface area contributed by atoms with Gasteiger partial charge in [-0.3, -0.25) is 4.79 Å². The maximum atomic E-state index is 11.5. The second kappa shape index (κ2) is 8.79. The molecule has 122 valence electrons. The van der Waals surface area contributed by atoms with Crippen molar-refractivity contribution in [3.8, 4) is 0 Å². The van der Waals surface area contributed by atoms with E-state index in [1.165, 1.54) is 0 Å². The third-order valence-corrected chi connectivity index (χ3v) is 3.82. The van der Waals surface area contributed by atoms with Crippen LogP contribution < -0.4 is 16.4 Å². The molecular weight excluding hydrogens is 385 g/mol. The van der Waals surface area contributed by atoms with Crippen LogP contribution in [0.2, 0.25) is 0 Å². The van der Waals surface area contributed by atoms with Crippen LogP contribution in [0.3, 0.4) is 0 Å². The molecule has 0 aromatic carbocycles. The van der Waals surface area contributed by atoms with Crippen molar-refractivity contribution in [3.05, 3.63) is 10.2 Å². The van der Waals surface area contributed by atoms with Crippen molar-refractivity contribution in [1.82, 2.24) is 15.1 Å². The summed E-state index contributed by atoms with van der Waals surface area (Å²) in [4.78, 5) is 11.5. The van der Waals surface area contributed by atoms with Crippen molar-refractivity contribution in [1.29, 1.82) is 0 Å². The van der Waals surface area contributed by atoms with Gasteiger partial charge < -0.3 is 21.1 Å². The number of carbonyl (C=O) groups is 1. The Bertz CT molecular complexity index is 485. The van der Waals surface area contributed by atoms with Crippen molar-refractivity contribution in [2.45, 2.75) is 18.5 Å². The summed E-state index contributed by atoms with van der Waals surface area (Å²) >= 11 is 3.28. The van der Waals surface area contributed by atoms with Crippen LogP contribution in [0.5, 0.6) is 0 Å². The van der Waals surface area contributed by atoms with E-state index in [9.17, 15) is 4.79 Å². The molecule has 1 aromatic heterocycles. The average Bonchev–Trinajstić information content (AvgIpc) is 2.93. The summed E-state index contributed by atoms with van der Waals surface area (Å²) in [6, 6.07) is 0.478. The Balaban J connectivity index is 0.00000200. The van der Waals surface area contributed by atoms with Crippen LogP contribution in [0.1, 0.15) is 22.8 Å². The molecule has 0 unspecified atom stereocenters. The van der Waals surface area contributed by atoms with Crippen molar-refractivity contribution in [3.63, 3.8) is 0 Å². The van der Waals surface area contributed by atoms with Gasteiger partial charge in [-0.1, -0.05) is 0 Å². The minimum Gasteiger partial charge on any atom is -0.383 e. The summed E-state index contributed by atoms with van der Waals surface area (Å²) in [7, 11) is 3.44. The second-order valence-electron chi connectivity index (χ2n) is 4.52. The lowest BCUT2D eigenvalue weighted by molar-refractivity contribution is 0.100. The van der Waals surface area contributed by atoms with E-state index in [1.54, 1.807) is 14.2 Å². The van der Waals surface area contributed by atoms with Gasteiger partial charge in [-0.15, -0.1) is 24.8 Å². The lowest BCUT2D eigenvalue weighted by atomic mass is 10.2. The highest BCUT2D eigenvalue weighted by molar-refractivity contribution is 9.10. The maximum Gasteiger partial charge on any atom is 0.255 e. The highest BCUT2D eigenvalue weighted by Crippen LogP contribution is 2.30. The molecule has 0 radical (unpaired) electrons. The summed E-state index contributed by atoms with van der Waals surface area (Å²) in [6.45, 7) is 1.45. The quantitative estimate of drug-likeness (QED) is 0.684. The van der Waals surface area contributed by atoms with Crippen LogP contribution in [0.4, 0.5) is 5.82 Å². The number of primary amides is 1. The number of ether oxygens (including phenoxy) is 1. The Kier molecular flexibility index (Phi) is 8.57. The fraction of sp³-hybridized carbons (Fsp3) is 0.636. The van der Waals surface area contributed by atoms with Gasteiger partial charge in [0.2, 0.25) is 0 Å². The van der Waals surface area contributed by atoms with E-state index >= 15 is 0 Å². The van der Waals surface area contributed by atoms with E-state index in [-0.39, 0.29) is 30.9 Å². The van der Waals surface area contributed by atoms with Gasteiger partial charge in [-0.2, -0.15) is 5.10 Å². The van der Waals surface area contributed by atoms with E-state index in [0.717, 1.165) is 13.0 Å². The van der Waals surface area contributed by atoms with Crippen molar-refractivity contribution in [2.75, 3.05) is 32.6 Å².